The van der Waals surface area contributed by atoms with Crippen LogP contribution in [0.1, 0.15) is 34.8 Å². The molecular formula is C28H31N7O3. The molecule has 1 aromatic carbocycles. The number of aliphatic hydroxyl groups is 1. The van der Waals surface area contributed by atoms with E-state index >= 15 is 0 Å². The fourth-order valence-electron chi connectivity index (χ4n) is 4.40. The summed E-state index contributed by atoms with van der Waals surface area (Å²) in [5.74, 6) is 0.347. The van der Waals surface area contributed by atoms with Crippen LogP contribution in [-0.2, 0) is 11.2 Å². The molecule has 1 atom stereocenters. The van der Waals surface area contributed by atoms with E-state index in [1.54, 1.807) is 29.0 Å². The Morgan fingerprint density at radius 2 is 2.05 bits per heavy atom. The van der Waals surface area contributed by atoms with E-state index in [0.717, 1.165) is 40.9 Å². The van der Waals surface area contributed by atoms with Crippen molar-refractivity contribution in [2.45, 2.75) is 26.2 Å². The van der Waals surface area contributed by atoms with Crippen molar-refractivity contribution in [1.82, 2.24) is 29.8 Å². The number of amides is 1. The normalized spacial score (nSPS) is 14.7. The van der Waals surface area contributed by atoms with E-state index in [2.05, 4.69) is 26.8 Å². The Hall–Kier alpha value is -4.12. The molecule has 4 aromatic rings. The van der Waals surface area contributed by atoms with Gasteiger partial charge in [0.15, 0.2) is 5.65 Å². The van der Waals surface area contributed by atoms with Crippen molar-refractivity contribution >= 4 is 28.8 Å². The van der Waals surface area contributed by atoms with Gasteiger partial charge in [-0.3, -0.25) is 14.7 Å². The third kappa shape index (κ3) is 6.05. The number of nitrogens with zero attached hydrogens (tertiary/aromatic N) is 5. The Bertz CT molecular complexity index is 1400. The van der Waals surface area contributed by atoms with Gasteiger partial charge in [0.1, 0.15) is 0 Å². The van der Waals surface area contributed by atoms with Gasteiger partial charge in [0.2, 0.25) is 12.4 Å². The van der Waals surface area contributed by atoms with E-state index in [-0.39, 0.29) is 5.91 Å². The summed E-state index contributed by atoms with van der Waals surface area (Å²) in [6.07, 6.45) is 8.11. The molecule has 1 aliphatic rings. The lowest BCUT2D eigenvalue weighted by Gasteiger charge is -2.30. The van der Waals surface area contributed by atoms with Crippen molar-refractivity contribution in [3.05, 3.63) is 89.9 Å². The second-order valence-electron chi connectivity index (χ2n) is 8.95. The molecule has 1 aliphatic heterocycles. The molecule has 10 nitrogen and oxygen atoms in total. The van der Waals surface area contributed by atoms with E-state index in [0.29, 0.717) is 37.8 Å². The lowest BCUT2D eigenvalue weighted by Crippen LogP contribution is -2.40. The minimum atomic E-state index is -0.887. The Kier molecular flexibility index (Phi) is 8.03. The third-order valence-electron chi connectivity index (χ3n) is 6.40. The summed E-state index contributed by atoms with van der Waals surface area (Å²) in [5.41, 5.74) is 5.37. The molecule has 0 saturated heterocycles. The molecule has 0 fully saturated rings. The maximum atomic E-state index is 12.5. The number of hydrogen-bond donors (Lipinski definition) is 3. The van der Waals surface area contributed by atoms with E-state index in [4.69, 9.17) is 9.72 Å². The Morgan fingerprint density at radius 1 is 1.18 bits per heavy atom. The van der Waals surface area contributed by atoms with Crippen molar-refractivity contribution in [1.29, 1.82) is 0 Å². The van der Waals surface area contributed by atoms with Gasteiger partial charge in [0.05, 0.1) is 0 Å². The number of pyridine rings is 2. The lowest BCUT2D eigenvalue weighted by molar-refractivity contribution is -0.187. The first-order valence-electron chi connectivity index (χ1n) is 12.7. The quantitative estimate of drug-likeness (QED) is 0.277. The smallest absolute Gasteiger partial charge is 0.251 e. The number of fused-ring (bicyclic) bond motifs is 1. The van der Waals surface area contributed by atoms with Crippen LogP contribution < -0.4 is 10.6 Å². The molecule has 1 unspecified atom stereocenters. The Labute approximate surface area is 221 Å². The summed E-state index contributed by atoms with van der Waals surface area (Å²) in [4.78, 5) is 23.2. The number of ether oxygens (including phenoxy) is 1. The highest BCUT2D eigenvalue weighted by molar-refractivity contribution is 5.94. The molecule has 196 valence electrons. The summed E-state index contributed by atoms with van der Waals surface area (Å²) >= 11 is 0. The van der Waals surface area contributed by atoms with E-state index < -0.39 is 6.41 Å². The first kappa shape index (κ1) is 25.5. The summed E-state index contributed by atoms with van der Waals surface area (Å²) < 4.78 is 7.05. The zero-order chi connectivity index (χ0) is 26.3. The molecule has 4 heterocycles. The van der Waals surface area contributed by atoms with Crippen LogP contribution in [0, 0.1) is 0 Å². The number of rotatable bonds is 10. The molecule has 1 amide bonds. The SMILES string of the molecule is CCOC(O)N1CC=C(c2cccn3nc(Nc4ccc(C(=O)NCCc5cccnc5)cc4)nc23)CC1. The van der Waals surface area contributed by atoms with Crippen LogP contribution >= 0.6 is 0 Å². The monoisotopic (exact) mass is 513 g/mol. The zero-order valence-corrected chi connectivity index (χ0v) is 21.2. The number of nitrogens with one attached hydrogen (secondary N) is 2. The van der Waals surface area contributed by atoms with Gasteiger partial charge in [-0.1, -0.05) is 12.1 Å². The van der Waals surface area contributed by atoms with Crippen molar-refractivity contribution in [3.63, 3.8) is 0 Å². The topological polar surface area (TPSA) is 117 Å². The number of aliphatic hydroxyl groups excluding tert-OH is 1. The van der Waals surface area contributed by atoms with E-state index in [9.17, 15) is 9.90 Å². The summed E-state index contributed by atoms with van der Waals surface area (Å²) in [6.45, 7) is 4.16. The number of aromatic nitrogens is 4. The summed E-state index contributed by atoms with van der Waals surface area (Å²) in [5, 5.41) is 20.8. The largest absolute Gasteiger partial charge is 0.356 e. The van der Waals surface area contributed by atoms with Crippen LogP contribution in [0.25, 0.3) is 11.2 Å². The van der Waals surface area contributed by atoms with Gasteiger partial charge in [-0.15, -0.1) is 5.10 Å². The van der Waals surface area contributed by atoms with Gasteiger partial charge < -0.3 is 20.5 Å². The third-order valence-corrected chi connectivity index (χ3v) is 6.40. The van der Waals surface area contributed by atoms with Gasteiger partial charge in [-0.05, 0) is 73.4 Å². The second kappa shape index (κ2) is 12.0. The molecule has 0 aliphatic carbocycles. The second-order valence-corrected chi connectivity index (χ2v) is 8.95. The molecule has 0 spiro atoms. The fraction of sp³-hybridized carbons (Fsp3) is 0.286. The van der Waals surface area contributed by atoms with Crippen LogP contribution in [0.4, 0.5) is 11.6 Å². The molecule has 3 N–H and O–H groups in total. The highest BCUT2D eigenvalue weighted by atomic mass is 16.6. The Balaban J connectivity index is 1.22. The average molecular weight is 514 g/mol. The summed E-state index contributed by atoms with van der Waals surface area (Å²) in [7, 11) is 0. The zero-order valence-electron chi connectivity index (χ0n) is 21.2. The van der Waals surface area contributed by atoms with Gasteiger partial charge in [0.25, 0.3) is 5.91 Å². The first-order chi connectivity index (χ1) is 18.6. The summed E-state index contributed by atoms with van der Waals surface area (Å²) in [6, 6.07) is 15.1. The lowest BCUT2D eigenvalue weighted by atomic mass is 10.0. The van der Waals surface area contributed by atoms with E-state index in [1.165, 1.54) is 0 Å². The fourth-order valence-corrected chi connectivity index (χ4v) is 4.40. The molecular weight excluding hydrogens is 482 g/mol. The number of carbonyl (C=O) groups excluding carboxylic acids is 1. The molecule has 5 rings (SSSR count). The number of anilines is 2. The number of hydrogen-bond acceptors (Lipinski definition) is 8. The van der Waals surface area contributed by atoms with Crippen LogP contribution in [0.5, 0.6) is 0 Å². The standard InChI is InChI=1S/C28H31N7O3/c1-2-38-28(37)34-17-12-21(13-18-34)24-6-4-16-35-25(24)32-27(33-35)31-23-9-7-22(8-10-23)26(36)30-15-11-20-5-3-14-29-19-20/h3-10,12,14,16,19,28,37H,2,11,13,15,17-18H2,1H3,(H,30,36)(H,31,33). The highest BCUT2D eigenvalue weighted by Gasteiger charge is 2.21. The van der Waals surface area contributed by atoms with Gasteiger partial charge in [0, 0.05) is 61.6 Å². The predicted molar refractivity (Wildman–Crippen MR) is 145 cm³/mol. The van der Waals surface area contributed by atoms with Crippen molar-refractivity contribution in [3.8, 4) is 0 Å². The van der Waals surface area contributed by atoms with Gasteiger partial charge >= 0.3 is 0 Å². The molecule has 3 aromatic heterocycles. The number of carbonyl (C=O) groups is 1. The molecule has 0 bridgehead atoms. The van der Waals surface area contributed by atoms with Crippen LogP contribution in [0.2, 0.25) is 0 Å². The first-order valence-corrected chi connectivity index (χ1v) is 12.7. The van der Waals surface area contributed by atoms with Gasteiger partial charge in [-0.2, -0.15) is 4.98 Å². The minimum absolute atomic E-state index is 0.121. The van der Waals surface area contributed by atoms with Crippen molar-refractivity contribution in [2.24, 2.45) is 0 Å². The average Bonchev–Trinajstić information content (AvgIpc) is 3.37. The van der Waals surface area contributed by atoms with E-state index in [1.807, 2.05) is 54.4 Å². The van der Waals surface area contributed by atoms with Crippen molar-refractivity contribution in [2.75, 3.05) is 31.6 Å². The molecule has 38 heavy (non-hydrogen) atoms. The van der Waals surface area contributed by atoms with Crippen LogP contribution in [-0.4, -0.2) is 68.2 Å². The molecule has 0 saturated carbocycles. The predicted octanol–water partition coefficient (Wildman–Crippen LogP) is 3.24. The maximum absolute atomic E-state index is 12.5. The van der Waals surface area contributed by atoms with Gasteiger partial charge in [-0.25, -0.2) is 4.52 Å². The Morgan fingerprint density at radius 3 is 2.79 bits per heavy atom. The molecule has 0 radical (unpaired) electrons. The minimum Gasteiger partial charge on any atom is -0.356 e. The number of benzene rings is 1. The molecule has 10 heteroatoms. The van der Waals surface area contributed by atoms with Crippen LogP contribution in [0.3, 0.4) is 0 Å². The van der Waals surface area contributed by atoms with Crippen LogP contribution in [0.15, 0.2) is 73.2 Å². The highest BCUT2D eigenvalue weighted by Crippen LogP contribution is 2.27. The van der Waals surface area contributed by atoms with Crippen molar-refractivity contribution < 1.29 is 14.6 Å². The maximum Gasteiger partial charge on any atom is 0.251 e.